The van der Waals surface area contributed by atoms with Crippen molar-refractivity contribution >= 4 is 27.5 Å². The number of hydrogen-bond acceptors (Lipinski definition) is 3. The fourth-order valence-electron chi connectivity index (χ4n) is 1.68. The summed E-state index contributed by atoms with van der Waals surface area (Å²) >= 11 is 3.04. The van der Waals surface area contributed by atoms with E-state index in [0.717, 1.165) is 0 Å². The van der Waals surface area contributed by atoms with Gasteiger partial charge in [-0.15, -0.1) is 0 Å². The summed E-state index contributed by atoms with van der Waals surface area (Å²) < 4.78 is 19.1. The molecule has 0 fully saturated rings. The Morgan fingerprint density at radius 2 is 2.10 bits per heavy atom. The van der Waals surface area contributed by atoms with Crippen molar-refractivity contribution in [2.75, 3.05) is 18.9 Å². The maximum atomic E-state index is 13.3. The number of nitrogens with one attached hydrogen (secondary N) is 1. The molecule has 0 spiro atoms. The van der Waals surface area contributed by atoms with Crippen LogP contribution < -0.4 is 15.8 Å². The van der Waals surface area contributed by atoms with E-state index in [1.165, 1.54) is 12.1 Å². The number of amides is 1. The molecule has 0 atom stereocenters. The molecule has 0 unspecified atom stereocenters. The second-order valence-electron chi connectivity index (χ2n) is 4.31. The average Bonchev–Trinajstić information content (AvgIpc) is 2.46. The van der Waals surface area contributed by atoms with Crippen molar-refractivity contribution < 1.29 is 13.9 Å². The van der Waals surface area contributed by atoms with Crippen LogP contribution in [0.2, 0.25) is 0 Å². The lowest BCUT2D eigenvalue weighted by atomic mass is 10.2. The normalized spacial score (nSPS) is 10.2. The van der Waals surface area contributed by atoms with Crippen molar-refractivity contribution in [3.8, 4) is 5.75 Å². The zero-order valence-electron chi connectivity index (χ0n) is 11.1. The van der Waals surface area contributed by atoms with Crippen LogP contribution in [0.25, 0.3) is 0 Å². The van der Waals surface area contributed by atoms with E-state index in [1.54, 1.807) is 30.3 Å². The van der Waals surface area contributed by atoms with Gasteiger partial charge in [0.15, 0.2) is 0 Å². The highest BCUT2D eigenvalue weighted by molar-refractivity contribution is 9.10. The summed E-state index contributed by atoms with van der Waals surface area (Å²) in [5.41, 5.74) is 6.50. The summed E-state index contributed by atoms with van der Waals surface area (Å²) in [6.45, 7) is 0.611. The number of hydrogen-bond donors (Lipinski definition) is 2. The van der Waals surface area contributed by atoms with E-state index < -0.39 is 5.82 Å². The highest BCUT2D eigenvalue weighted by atomic mass is 79.9. The molecule has 2 aromatic carbocycles. The van der Waals surface area contributed by atoms with Gasteiger partial charge in [-0.1, -0.05) is 6.07 Å². The first-order valence-corrected chi connectivity index (χ1v) is 7.07. The number of ether oxygens (including phenoxy) is 1. The Morgan fingerprint density at radius 1 is 1.29 bits per heavy atom. The molecule has 4 nitrogen and oxygen atoms in total. The molecule has 0 heterocycles. The van der Waals surface area contributed by atoms with Gasteiger partial charge in [-0.2, -0.15) is 0 Å². The molecule has 6 heteroatoms. The summed E-state index contributed by atoms with van der Waals surface area (Å²) in [7, 11) is 0. The number of carbonyl (C=O) groups is 1. The Morgan fingerprint density at radius 3 is 2.81 bits per heavy atom. The van der Waals surface area contributed by atoms with Crippen molar-refractivity contribution in [2.24, 2.45) is 0 Å². The van der Waals surface area contributed by atoms with Crippen molar-refractivity contribution in [1.82, 2.24) is 5.32 Å². The van der Waals surface area contributed by atoms with Crippen molar-refractivity contribution in [1.29, 1.82) is 0 Å². The van der Waals surface area contributed by atoms with Crippen LogP contribution in [-0.2, 0) is 0 Å². The zero-order valence-corrected chi connectivity index (χ0v) is 12.7. The van der Waals surface area contributed by atoms with Crippen LogP contribution in [0.4, 0.5) is 10.1 Å². The molecule has 0 aliphatic rings. The predicted molar refractivity (Wildman–Crippen MR) is 82.8 cm³/mol. The van der Waals surface area contributed by atoms with Crippen LogP contribution in [-0.4, -0.2) is 19.1 Å². The Balaban J connectivity index is 1.80. The third-order valence-corrected chi connectivity index (χ3v) is 3.34. The topological polar surface area (TPSA) is 64.3 Å². The van der Waals surface area contributed by atoms with Gasteiger partial charge in [0, 0.05) is 17.3 Å². The smallest absolute Gasteiger partial charge is 0.251 e. The lowest BCUT2D eigenvalue weighted by Crippen LogP contribution is -2.28. The quantitative estimate of drug-likeness (QED) is 0.642. The monoisotopic (exact) mass is 352 g/mol. The van der Waals surface area contributed by atoms with E-state index in [9.17, 15) is 9.18 Å². The second kappa shape index (κ2) is 7.08. The number of nitrogen functional groups attached to an aromatic ring is 1. The highest BCUT2D eigenvalue weighted by Gasteiger charge is 2.08. The Bertz CT molecular complexity index is 649. The molecule has 0 radical (unpaired) electrons. The van der Waals surface area contributed by atoms with Gasteiger partial charge >= 0.3 is 0 Å². The van der Waals surface area contributed by atoms with Gasteiger partial charge in [0.05, 0.1) is 11.0 Å². The number of anilines is 1. The number of halogens is 2. The molecule has 110 valence electrons. The molecule has 21 heavy (non-hydrogen) atoms. The van der Waals surface area contributed by atoms with E-state index >= 15 is 0 Å². The van der Waals surface area contributed by atoms with E-state index in [0.29, 0.717) is 29.1 Å². The van der Waals surface area contributed by atoms with Crippen LogP contribution in [0.15, 0.2) is 46.9 Å². The van der Waals surface area contributed by atoms with E-state index in [-0.39, 0.29) is 11.5 Å². The molecular formula is C15H14BrFN2O2. The lowest BCUT2D eigenvalue weighted by Gasteiger charge is -2.08. The van der Waals surface area contributed by atoms with E-state index in [2.05, 4.69) is 21.2 Å². The highest BCUT2D eigenvalue weighted by Crippen LogP contribution is 2.16. The summed E-state index contributed by atoms with van der Waals surface area (Å²) in [5.74, 6) is -0.185. The maximum absolute atomic E-state index is 13.3. The summed E-state index contributed by atoms with van der Waals surface area (Å²) in [6.07, 6.45) is 0. The fourth-order valence-corrected chi connectivity index (χ4v) is 1.92. The second-order valence-corrected chi connectivity index (χ2v) is 5.16. The number of nitrogens with two attached hydrogens (primary N) is 1. The minimum atomic E-state index is -0.473. The van der Waals surface area contributed by atoms with Crippen LogP contribution >= 0.6 is 15.9 Å². The van der Waals surface area contributed by atoms with Crippen LogP contribution in [0, 0.1) is 5.82 Å². The first kappa shape index (κ1) is 15.3. The number of carbonyl (C=O) groups excluding carboxylic acids is 1. The Labute approximate surface area is 130 Å². The first-order chi connectivity index (χ1) is 10.1. The maximum Gasteiger partial charge on any atom is 0.251 e. The van der Waals surface area contributed by atoms with Crippen LogP contribution in [0.1, 0.15) is 10.4 Å². The first-order valence-electron chi connectivity index (χ1n) is 6.28. The van der Waals surface area contributed by atoms with Gasteiger partial charge in [0.25, 0.3) is 5.91 Å². The minimum absolute atomic E-state index is 0.264. The molecular weight excluding hydrogens is 339 g/mol. The lowest BCUT2D eigenvalue weighted by molar-refractivity contribution is 0.0946. The minimum Gasteiger partial charge on any atom is -0.492 e. The molecule has 0 saturated heterocycles. The Kier molecular flexibility index (Phi) is 5.16. The van der Waals surface area contributed by atoms with Crippen molar-refractivity contribution in [3.63, 3.8) is 0 Å². The zero-order chi connectivity index (χ0) is 15.2. The molecule has 2 rings (SSSR count). The number of benzene rings is 2. The van der Waals surface area contributed by atoms with Gasteiger partial charge in [-0.05, 0) is 46.3 Å². The molecule has 3 N–H and O–H groups in total. The van der Waals surface area contributed by atoms with Crippen molar-refractivity contribution in [2.45, 2.75) is 0 Å². The van der Waals surface area contributed by atoms with Crippen molar-refractivity contribution in [3.05, 3.63) is 58.3 Å². The molecule has 2 aromatic rings. The van der Waals surface area contributed by atoms with Gasteiger partial charge < -0.3 is 15.8 Å². The Hall–Kier alpha value is -2.08. The standard InChI is InChI=1S/C15H14BrFN2O2/c16-13-5-4-10(8-14(13)17)15(20)19-6-7-21-12-3-1-2-11(18)9-12/h1-5,8-9H,6-7,18H2,(H,19,20). The van der Waals surface area contributed by atoms with E-state index in [4.69, 9.17) is 10.5 Å². The molecule has 0 aliphatic carbocycles. The number of rotatable bonds is 5. The molecule has 0 aliphatic heterocycles. The third kappa shape index (κ3) is 4.46. The summed E-state index contributed by atoms with van der Waals surface area (Å²) in [6, 6.07) is 11.2. The van der Waals surface area contributed by atoms with Gasteiger partial charge in [-0.3, -0.25) is 4.79 Å². The SMILES string of the molecule is Nc1cccc(OCCNC(=O)c2ccc(Br)c(F)c2)c1. The fraction of sp³-hybridized carbons (Fsp3) is 0.133. The average molecular weight is 353 g/mol. The third-order valence-electron chi connectivity index (χ3n) is 2.70. The molecule has 1 amide bonds. The van der Waals surface area contributed by atoms with Crippen LogP contribution in [0.3, 0.4) is 0 Å². The van der Waals surface area contributed by atoms with E-state index in [1.807, 2.05) is 0 Å². The largest absolute Gasteiger partial charge is 0.492 e. The molecule has 0 aromatic heterocycles. The van der Waals surface area contributed by atoms with Gasteiger partial charge in [0.1, 0.15) is 18.2 Å². The predicted octanol–water partition coefficient (Wildman–Crippen LogP) is 2.98. The molecule has 0 bridgehead atoms. The van der Waals surface area contributed by atoms with Crippen LogP contribution in [0.5, 0.6) is 5.75 Å². The van der Waals surface area contributed by atoms with Gasteiger partial charge in [-0.25, -0.2) is 4.39 Å². The van der Waals surface area contributed by atoms with Gasteiger partial charge in [0.2, 0.25) is 0 Å². The summed E-state index contributed by atoms with van der Waals surface area (Å²) in [5, 5.41) is 2.65. The summed E-state index contributed by atoms with van der Waals surface area (Å²) in [4.78, 5) is 11.8. The molecule has 0 saturated carbocycles.